The monoisotopic (exact) mass is 298 g/mol. The molecule has 0 bridgehead atoms. The Labute approximate surface area is 127 Å². The molecule has 0 saturated heterocycles. The number of carboxylic acids is 1. The van der Waals surface area contributed by atoms with Crippen molar-refractivity contribution in [2.45, 2.75) is 71.3 Å². The predicted molar refractivity (Wildman–Crippen MR) is 83.2 cm³/mol. The summed E-state index contributed by atoms with van der Waals surface area (Å²) >= 11 is 0. The second kappa shape index (κ2) is 9.64. The highest BCUT2D eigenvalue weighted by atomic mass is 16.4. The van der Waals surface area contributed by atoms with Crippen LogP contribution in [-0.2, 0) is 4.79 Å². The van der Waals surface area contributed by atoms with E-state index in [2.05, 4.69) is 17.6 Å². The largest absolute Gasteiger partial charge is 0.481 e. The number of amides is 2. The number of hydrogen-bond donors (Lipinski definition) is 3. The lowest BCUT2D eigenvalue weighted by atomic mass is 9.83. The van der Waals surface area contributed by atoms with Crippen LogP contribution in [0.3, 0.4) is 0 Å². The molecule has 122 valence electrons. The van der Waals surface area contributed by atoms with Gasteiger partial charge in [-0.3, -0.25) is 4.79 Å². The summed E-state index contributed by atoms with van der Waals surface area (Å²) in [6, 6.07) is 0.188. The standard InChI is InChI=1S/C16H30N2O3/c1-3-5-13-7-9-14(10-8-13)18-16(21)17-11-4-6-12(2)15(19)20/h12-14H,3-11H2,1-2H3,(H,19,20)(H2,17,18,21). The summed E-state index contributed by atoms with van der Waals surface area (Å²) in [5.41, 5.74) is 0. The maximum atomic E-state index is 11.8. The van der Waals surface area contributed by atoms with Gasteiger partial charge in [-0.25, -0.2) is 4.79 Å². The third-order valence-corrected chi connectivity index (χ3v) is 4.40. The van der Waals surface area contributed by atoms with Gasteiger partial charge in [-0.15, -0.1) is 0 Å². The van der Waals surface area contributed by atoms with Crippen LogP contribution in [0.5, 0.6) is 0 Å². The molecular formula is C16H30N2O3. The Morgan fingerprint density at radius 3 is 2.48 bits per heavy atom. The van der Waals surface area contributed by atoms with E-state index in [4.69, 9.17) is 5.11 Å². The van der Waals surface area contributed by atoms with Crippen molar-refractivity contribution in [3.63, 3.8) is 0 Å². The maximum Gasteiger partial charge on any atom is 0.315 e. The van der Waals surface area contributed by atoms with Crippen molar-refractivity contribution in [3.05, 3.63) is 0 Å². The van der Waals surface area contributed by atoms with E-state index in [-0.39, 0.29) is 11.9 Å². The van der Waals surface area contributed by atoms with E-state index < -0.39 is 5.97 Å². The van der Waals surface area contributed by atoms with E-state index in [1.807, 2.05) is 0 Å². The van der Waals surface area contributed by atoms with Crippen LogP contribution in [0.25, 0.3) is 0 Å². The Morgan fingerprint density at radius 1 is 1.24 bits per heavy atom. The zero-order chi connectivity index (χ0) is 15.7. The maximum absolute atomic E-state index is 11.8. The summed E-state index contributed by atoms with van der Waals surface area (Å²) in [4.78, 5) is 22.4. The Morgan fingerprint density at radius 2 is 1.90 bits per heavy atom. The van der Waals surface area contributed by atoms with Gasteiger partial charge in [0, 0.05) is 12.6 Å². The third-order valence-electron chi connectivity index (χ3n) is 4.40. The average Bonchev–Trinajstić information content (AvgIpc) is 2.45. The Hall–Kier alpha value is -1.26. The molecule has 1 atom stereocenters. The van der Waals surface area contributed by atoms with Gasteiger partial charge in [0.1, 0.15) is 0 Å². The molecule has 1 saturated carbocycles. The summed E-state index contributed by atoms with van der Waals surface area (Å²) in [7, 11) is 0. The molecule has 1 aliphatic carbocycles. The molecule has 0 aromatic carbocycles. The summed E-state index contributed by atoms with van der Waals surface area (Å²) in [6.07, 6.45) is 8.44. The van der Waals surface area contributed by atoms with E-state index in [1.54, 1.807) is 6.92 Å². The van der Waals surface area contributed by atoms with Crippen molar-refractivity contribution in [3.8, 4) is 0 Å². The van der Waals surface area contributed by atoms with Gasteiger partial charge in [-0.1, -0.05) is 26.7 Å². The second-order valence-corrected chi connectivity index (χ2v) is 6.29. The molecule has 3 N–H and O–H groups in total. The smallest absolute Gasteiger partial charge is 0.315 e. The molecule has 1 rings (SSSR count). The van der Waals surface area contributed by atoms with Crippen molar-refractivity contribution in [1.29, 1.82) is 0 Å². The lowest BCUT2D eigenvalue weighted by Crippen LogP contribution is -2.44. The Kier molecular flexibility index (Phi) is 8.16. The zero-order valence-electron chi connectivity index (χ0n) is 13.4. The Balaban J connectivity index is 2.08. The number of aliphatic carboxylic acids is 1. The van der Waals surface area contributed by atoms with Crippen LogP contribution in [0, 0.1) is 11.8 Å². The lowest BCUT2D eigenvalue weighted by molar-refractivity contribution is -0.141. The number of carbonyl (C=O) groups is 2. The molecule has 2 amide bonds. The predicted octanol–water partition coefficient (Wildman–Crippen LogP) is 3.15. The molecule has 0 heterocycles. The van der Waals surface area contributed by atoms with Crippen LogP contribution in [0.2, 0.25) is 0 Å². The number of hydrogen-bond acceptors (Lipinski definition) is 2. The van der Waals surface area contributed by atoms with Crippen molar-refractivity contribution < 1.29 is 14.7 Å². The molecule has 5 nitrogen and oxygen atoms in total. The fourth-order valence-corrected chi connectivity index (χ4v) is 2.97. The van der Waals surface area contributed by atoms with Gasteiger partial charge < -0.3 is 15.7 Å². The first-order valence-electron chi connectivity index (χ1n) is 8.30. The highest BCUT2D eigenvalue weighted by Gasteiger charge is 2.21. The molecule has 0 aromatic heterocycles. The van der Waals surface area contributed by atoms with E-state index in [1.165, 1.54) is 25.7 Å². The summed E-state index contributed by atoms with van der Waals surface area (Å²) in [5.74, 6) is -0.277. The number of nitrogens with one attached hydrogen (secondary N) is 2. The molecule has 0 aromatic rings. The second-order valence-electron chi connectivity index (χ2n) is 6.29. The van der Waals surface area contributed by atoms with Crippen LogP contribution in [0.1, 0.15) is 65.2 Å². The lowest BCUT2D eigenvalue weighted by Gasteiger charge is -2.29. The van der Waals surface area contributed by atoms with E-state index in [0.29, 0.717) is 25.4 Å². The van der Waals surface area contributed by atoms with Gasteiger partial charge in [0.05, 0.1) is 5.92 Å². The topological polar surface area (TPSA) is 78.4 Å². The van der Waals surface area contributed by atoms with Crippen LogP contribution in [0.4, 0.5) is 4.79 Å². The number of carbonyl (C=O) groups excluding carboxylic acids is 1. The van der Waals surface area contributed by atoms with Gasteiger partial charge in [0.15, 0.2) is 0 Å². The molecule has 1 aliphatic rings. The SMILES string of the molecule is CCCC1CCC(NC(=O)NCCCC(C)C(=O)O)CC1. The van der Waals surface area contributed by atoms with E-state index in [9.17, 15) is 9.59 Å². The molecule has 1 unspecified atom stereocenters. The molecule has 1 fully saturated rings. The fraction of sp³-hybridized carbons (Fsp3) is 0.875. The summed E-state index contributed by atoms with van der Waals surface area (Å²) < 4.78 is 0. The van der Waals surface area contributed by atoms with Crippen LogP contribution >= 0.6 is 0 Å². The quantitative estimate of drug-likeness (QED) is 0.602. The van der Waals surface area contributed by atoms with Gasteiger partial charge >= 0.3 is 12.0 Å². The van der Waals surface area contributed by atoms with Crippen molar-refractivity contribution in [1.82, 2.24) is 10.6 Å². The normalized spacial score (nSPS) is 23.3. The minimum Gasteiger partial charge on any atom is -0.481 e. The molecule has 0 spiro atoms. The summed E-state index contributed by atoms with van der Waals surface area (Å²) in [6.45, 7) is 4.45. The van der Waals surface area contributed by atoms with Crippen molar-refractivity contribution >= 4 is 12.0 Å². The number of rotatable bonds is 8. The van der Waals surface area contributed by atoms with Gasteiger partial charge in [-0.05, 0) is 44.4 Å². The number of carboxylic acid groups (broad SMARTS) is 1. The highest BCUT2D eigenvalue weighted by Crippen LogP contribution is 2.27. The number of urea groups is 1. The van der Waals surface area contributed by atoms with Gasteiger partial charge in [0.25, 0.3) is 0 Å². The first-order chi connectivity index (χ1) is 10.0. The molecule has 21 heavy (non-hydrogen) atoms. The molecule has 0 aliphatic heterocycles. The van der Waals surface area contributed by atoms with Crippen molar-refractivity contribution in [2.24, 2.45) is 11.8 Å². The van der Waals surface area contributed by atoms with Gasteiger partial charge in [0.2, 0.25) is 0 Å². The summed E-state index contributed by atoms with van der Waals surface area (Å²) in [5, 5.41) is 14.6. The highest BCUT2D eigenvalue weighted by molar-refractivity contribution is 5.74. The molecular weight excluding hydrogens is 268 g/mol. The van der Waals surface area contributed by atoms with Crippen LogP contribution in [0.15, 0.2) is 0 Å². The molecule has 0 radical (unpaired) electrons. The average molecular weight is 298 g/mol. The minimum atomic E-state index is -0.775. The third kappa shape index (κ3) is 7.34. The van der Waals surface area contributed by atoms with Crippen LogP contribution < -0.4 is 10.6 Å². The zero-order valence-corrected chi connectivity index (χ0v) is 13.4. The molecule has 5 heteroatoms. The van der Waals surface area contributed by atoms with E-state index >= 15 is 0 Å². The Bertz CT molecular complexity index is 325. The minimum absolute atomic E-state index is 0.114. The van der Waals surface area contributed by atoms with Gasteiger partial charge in [-0.2, -0.15) is 0 Å². The van der Waals surface area contributed by atoms with Crippen LogP contribution in [-0.4, -0.2) is 29.7 Å². The first kappa shape index (κ1) is 17.8. The first-order valence-corrected chi connectivity index (χ1v) is 8.30. The fourth-order valence-electron chi connectivity index (χ4n) is 2.97. The van der Waals surface area contributed by atoms with Crippen molar-refractivity contribution in [2.75, 3.05) is 6.54 Å². The van der Waals surface area contributed by atoms with E-state index in [0.717, 1.165) is 18.8 Å².